The van der Waals surface area contributed by atoms with E-state index in [1.54, 1.807) is 14.2 Å². The molecule has 0 saturated carbocycles. The molecule has 1 aromatic heterocycles. The van der Waals surface area contributed by atoms with Crippen molar-refractivity contribution in [1.29, 1.82) is 0 Å². The fraction of sp³-hybridized carbons (Fsp3) is 0.438. The summed E-state index contributed by atoms with van der Waals surface area (Å²) in [4.78, 5) is 11.5. The summed E-state index contributed by atoms with van der Waals surface area (Å²) in [5, 5.41) is 12.0. The number of carbonyl (C=O) groups is 1. The van der Waals surface area contributed by atoms with E-state index in [2.05, 4.69) is 33.9 Å². The van der Waals surface area contributed by atoms with Crippen LogP contribution in [0, 0.1) is 5.92 Å². The third-order valence-electron chi connectivity index (χ3n) is 3.22. The van der Waals surface area contributed by atoms with Gasteiger partial charge in [-0.2, -0.15) is 0 Å². The summed E-state index contributed by atoms with van der Waals surface area (Å²) in [5.74, 6) is 2.36. The predicted octanol–water partition coefficient (Wildman–Crippen LogP) is 2.45. The molecule has 0 aliphatic carbocycles. The van der Waals surface area contributed by atoms with Crippen LogP contribution in [-0.4, -0.2) is 40.6 Å². The monoisotopic (exact) mass is 334 g/mol. The van der Waals surface area contributed by atoms with Crippen LogP contribution in [0.4, 0.5) is 0 Å². The minimum Gasteiger partial charge on any atom is -0.497 e. The van der Waals surface area contributed by atoms with E-state index in [1.807, 2.05) is 24.3 Å². The minimum atomic E-state index is -0.0277. The van der Waals surface area contributed by atoms with Gasteiger partial charge in [0, 0.05) is 19.2 Å². The third kappa shape index (κ3) is 4.48. The first-order valence-corrected chi connectivity index (χ1v) is 8.44. The summed E-state index contributed by atoms with van der Waals surface area (Å²) >= 11 is 1.40. The zero-order valence-corrected chi connectivity index (χ0v) is 14.7. The molecule has 0 atom stereocenters. The molecule has 0 spiro atoms. The molecule has 0 radical (unpaired) electrons. The number of carbonyl (C=O) groups excluding carboxylic acids is 1. The van der Waals surface area contributed by atoms with E-state index in [0.717, 1.165) is 28.8 Å². The number of benzene rings is 1. The highest BCUT2D eigenvalue weighted by molar-refractivity contribution is 7.99. The highest BCUT2D eigenvalue weighted by atomic mass is 32.2. The van der Waals surface area contributed by atoms with Gasteiger partial charge >= 0.3 is 0 Å². The number of methoxy groups -OCH3 is 1. The number of rotatable bonds is 7. The number of amides is 1. The van der Waals surface area contributed by atoms with Crippen molar-refractivity contribution >= 4 is 17.7 Å². The van der Waals surface area contributed by atoms with E-state index in [4.69, 9.17) is 4.74 Å². The quantitative estimate of drug-likeness (QED) is 0.788. The molecule has 2 rings (SSSR count). The van der Waals surface area contributed by atoms with Crippen molar-refractivity contribution in [3.63, 3.8) is 0 Å². The molecule has 6 nitrogen and oxygen atoms in total. The second kappa shape index (κ2) is 8.01. The summed E-state index contributed by atoms with van der Waals surface area (Å²) in [5.41, 5.74) is 0.978. The molecule has 124 valence electrons. The Morgan fingerprint density at radius 1 is 1.30 bits per heavy atom. The third-order valence-corrected chi connectivity index (χ3v) is 4.19. The number of hydrogen-bond acceptors (Lipinski definition) is 5. The van der Waals surface area contributed by atoms with Crippen molar-refractivity contribution in [3.8, 4) is 17.1 Å². The Bertz CT molecular complexity index is 653. The van der Waals surface area contributed by atoms with Crippen molar-refractivity contribution in [1.82, 2.24) is 20.1 Å². The average molecular weight is 334 g/mol. The molecule has 0 aliphatic heterocycles. The van der Waals surface area contributed by atoms with Gasteiger partial charge in [0.2, 0.25) is 5.91 Å². The fourth-order valence-electron chi connectivity index (χ4n) is 2.08. The summed E-state index contributed by atoms with van der Waals surface area (Å²) in [6.45, 7) is 5.08. The first kappa shape index (κ1) is 17.3. The summed E-state index contributed by atoms with van der Waals surface area (Å²) < 4.78 is 7.26. The zero-order chi connectivity index (χ0) is 16.8. The number of thioether (sulfide) groups is 1. The molecule has 0 saturated heterocycles. The maximum Gasteiger partial charge on any atom is 0.230 e. The normalized spacial score (nSPS) is 10.8. The van der Waals surface area contributed by atoms with Crippen LogP contribution in [0.5, 0.6) is 5.75 Å². The van der Waals surface area contributed by atoms with Gasteiger partial charge in [-0.1, -0.05) is 25.6 Å². The molecule has 1 heterocycles. The maximum atomic E-state index is 11.5. The number of nitrogens with one attached hydrogen (secondary N) is 1. The van der Waals surface area contributed by atoms with Gasteiger partial charge < -0.3 is 14.6 Å². The Morgan fingerprint density at radius 2 is 2.00 bits per heavy atom. The Kier molecular flexibility index (Phi) is 6.04. The molecule has 0 fully saturated rings. The molecular weight excluding hydrogens is 312 g/mol. The van der Waals surface area contributed by atoms with Crippen LogP contribution in [0.25, 0.3) is 11.4 Å². The lowest BCUT2D eigenvalue weighted by atomic mass is 10.2. The van der Waals surface area contributed by atoms with Gasteiger partial charge in [-0.15, -0.1) is 10.2 Å². The van der Waals surface area contributed by atoms with Crippen LogP contribution < -0.4 is 10.1 Å². The van der Waals surface area contributed by atoms with Gasteiger partial charge in [-0.25, -0.2) is 0 Å². The molecule has 0 bridgehead atoms. The second-order valence-corrected chi connectivity index (χ2v) is 6.44. The predicted molar refractivity (Wildman–Crippen MR) is 91.6 cm³/mol. The molecule has 1 aromatic carbocycles. The zero-order valence-electron chi connectivity index (χ0n) is 13.9. The van der Waals surface area contributed by atoms with Crippen LogP contribution in [-0.2, 0) is 11.3 Å². The molecule has 2 aromatic rings. The number of ether oxygens (including phenoxy) is 1. The average Bonchev–Trinajstić information content (AvgIpc) is 2.94. The van der Waals surface area contributed by atoms with Gasteiger partial charge in [-0.05, 0) is 30.2 Å². The minimum absolute atomic E-state index is 0.0277. The second-order valence-electron chi connectivity index (χ2n) is 5.50. The molecule has 1 amide bonds. The lowest BCUT2D eigenvalue weighted by Gasteiger charge is -2.12. The van der Waals surface area contributed by atoms with Gasteiger partial charge in [0.15, 0.2) is 11.0 Å². The van der Waals surface area contributed by atoms with E-state index in [1.165, 1.54) is 11.8 Å². The Morgan fingerprint density at radius 3 is 2.57 bits per heavy atom. The smallest absolute Gasteiger partial charge is 0.230 e. The van der Waals surface area contributed by atoms with Crippen LogP contribution in [0.3, 0.4) is 0 Å². The van der Waals surface area contributed by atoms with Crippen molar-refractivity contribution in [2.45, 2.75) is 25.5 Å². The summed E-state index contributed by atoms with van der Waals surface area (Å²) in [7, 11) is 3.27. The van der Waals surface area contributed by atoms with Crippen LogP contribution in [0.15, 0.2) is 29.4 Å². The Balaban J connectivity index is 2.30. The van der Waals surface area contributed by atoms with E-state index < -0.39 is 0 Å². The van der Waals surface area contributed by atoms with E-state index in [9.17, 15) is 4.79 Å². The highest BCUT2D eigenvalue weighted by Gasteiger charge is 2.16. The molecule has 7 heteroatoms. The van der Waals surface area contributed by atoms with E-state index in [0.29, 0.717) is 11.7 Å². The number of aromatic nitrogens is 3. The van der Waals surface area contributed by atoms with Crippen molar-refractivity contribution in [3.05, 3.63) is 24.3 Å². The Hall–Kier alpha value is -2.02. The first-order valence-electron chi connectivity index (χ1n) is 7.46. The molecule has 0 aliphatic rings. The topological polar surface area (TPSA) is 69.0 Å². The lowest BCUT2D eigenvalue weighted by molar-refractivity contribution is -0.118. The largest absolute Gasteiger partial charge is 0.497 e. The van der Waals surface area contributed by atoms with Crippen molar-refractivity contribution < 1.29 is 9.53 Å². The summed E-state index contributed by atoms with van der Waals surface area (Å²) in [6, 6.07) is 7.74. The van der Waals surface area contributed by atoms with Gasteiger partial charge in [0.05, 0.1) is 12.9 Å². The molecular formula is C16H22N4O2S. The van der Waals surface area contributed by atoms with Crippen LogP contribution in [0.2, 0.25) is 0 Å². The molecule has 1 N–H and O–H groups in total. The van der Waals surface area contributed by atoms with E-state index >= 15 is 0 Å². The van der Waals surface area contributed by atoms with Gasteiger partial charge in [0.25, 0.3) is 0 Å². The number of hydrogen-bond donors (Lipinski definition) is 1. The van der Waals surface area contributed by atoms with Gasteiger partial charge in [-0.3, -0.25) is 4.79 Å². The van der Waals surface area contributed by atoms with Crippen LogP contribution >= 0.6 is 11.8 Å². The fourth-order valence-corrected chi connectivity index (χ4v) is 2.90. The van der Waals surface area contributed by atoms with Crippen LogP contribution in [0.1, 0.15) is 13.8 Å². The van der Waals surface area contributed by atoms with Gasteiger partial charge in [0.1, 0.15) is 5.75 Å². The SMILES string of the molecule is CNC(=O)CSc1nnc(-c2ccc(OC)cc2)n1CC(C)C. The first-order chi connectivity index (χ1) is 11.0. The highest BCUT2D eigenvalue weighted by Crippen LogP contribution is 2.26. The summed E-state index contributed by atoms with van der Waals surface area (Å²) in [6.07, 6.45) is 0. The van der Waals surface area contributed by atoms with Crippen molar-refractivity contribution in [2.75, 3.05) is 19.9 Å². The molecule has 0 unspecified atom stereocenters. The Labute approximate surface area is 140 Å². The maximum absolute atomic E-state index is 11.5. The van der Waals surface area contributed by atoms with E-state index in [-0.39, 0.29) is 5.91 Å². The lowest BCUT2D eigenvalue weighted by Crippen LogP contribution is -2.20. The number of nitrogens with zero attached hydrogens (tertiary/aromatic N) is 3. The standard InChI is InChI=1S/C16H22N4O2S/c1-11(2)9-20-15(12-5-7-13(22-4)8-6-12)18-19-16(20)23-10-14(21)17-3/h5-8,11H,9-10H2,1-4H3,(H,17,21). The van der Waals surface area contributed by atoms with Crippen molar-refractivity contribution in [2.24, 2.45) is 5.92 Å². The molecule has 23 heavy (non-hydrogen) atoms.